The van der Waals surface area contributed by atoms with E-state index < -0.39 is 0 Å². The largest absolute Gasteiger partial charge is 0.341 e. The number of hydrogen-bond acceptors (Lipinski definition) is 2. The monoisotopic (exact) mass is 277 g/mol. The number of aryl methyl sites for hydroxylation is 2. The van der Waals surface area contributed by atoms with Gasteiger partial charge in [0, 0.05) is 13.1 Å². The molecule has 0 saturated heterocycles. The maximum absolute atomic E-state index is 4.88. The van der Waals surface area contributed by atoms with Gasteiger partial charge >= 0.3 is 0 Å². The minimum absolute atomic E-state index is 0.307. The molecule has 3 nitrogen and oxygen atoms in total. The summed E-state index contributed by atoms with van der Waals surface area (Å²) in [6.45, 7) is 6.15. The summed E-state index contributed by atoms with van der Waals surface area (Å²) in [5.74, 6) is 1.38. The lowest BCUT2D eigenvalue weighted by Gasteiger charge is -2.24. The van der Waals surface area contributed by atoms with E-state index in [1.54, 1.807) is 0 Å². The van der Waals surface area contributed by atoms with Crippen molar-refractivity contribution in [2.45, 2.75) is 26.3 Å². The molecule has 0 aliphatic carbocycles. The lowest BCUT2D eigenvalue weighted by atomic mass is 9.90. The number of aromatic nitrogens is 2. The smallest absolute Gasteiger partial charge is 0.116 e. The van der Waals surface area contributed by atoms with E-state index in [4.69, 9.17) is 4.98 Å². The zero-order chi connectivity index (χ0) is 14.4. The zero-order valence-electron chi connectivity index (χ0n) is 12.4. The van der Waals surface area contributed by atoms with Gasteiger partial charge < -0.3 is 10.3 Å². The number of nitrogens with zero attached hydrogens (tertiary/aromatic N) is 1. The van der Waals surface area contributed by atoms with Crippen LogP contribution < -0.4 is 5.32 Å². The molecule has 0 bridgehead atoms. The van der Waals surface area contributed by atoms with E-state index >= 15 is 0 Å². The Balaban J connectivity index is 1.86. The van der Waals surface area contributed by atoms with Crippen LogP contribution in [0.15, 0.2) is 36.4 Å². The van der Waals surface area contributed by atoms with Gasteiger partial charge in [0.05, 0.1) is 17.0 Å². The van der Waals surface area contributed by atoms with Gasteiger partial charge in [-0.15, -0.1) is 0 Å². The van der Waals surface area contributed by atoms with Gasteiger partial charge in [-0.3, -0.25) is 0 Å². The molecule has 1 unspecified atom stereocenters. The van der Waals surface area contributed by atoms with Gasteiger partial charge in [-0.25, -0.2) is 4.98 Å². The Bertz CT molecular complexity index is 816. The van der Waals surface area contributed by atoms with Crippen LogP contribution in [0, 0.1) is 13.8 Å². The summed E-state index contributed by atoms with van der Waals surface area (Å²) in [4.78, 5) is 8.42. The molecule has 1 aliphatic heterocycles. The third kappa shape index (κ3) is 2.05. The number of imidazole rings is 1. The second-order valence-corrected chi connectivity index (χ2v) is 5.98. The Morgan fingerprint density at radius 2 is 2.00 bits per heavy atom. The van der Waals surface area contributed by atoms with E-state index in [1.165, 1.54) is 22.3 Å². The summed E-state index contributed by atoms with van der Waals surface area (Å²) in [5, 5.41) is 3.50. The van der Waals surface area contributed by atoms with Crippen LogP contribution in [0.1, 0.15) is 34.0 Å². The lowest BCUT2D eigenvalue weighted by molar-refractivity contribution is 0.576. The molecular weight excluding hydrogens is 258 g/mol. The van der Waals surface area contributed by atoms with E-state index in [2.05, 4.69) is 60.5 Å². The maximum Gasteiger partial charge on any atom is 0.116 e. The number of H-pyrrole nitrogens is 1. The Morgan fingerprint density at radius 1 is 1.14 bits per heavy atom. The van der Waals surface area contributed by atoms with Crippen LogP contribution >= 0.6 is 0 Å². The summed E-state index contributed by atoms with van der Waals surface area (Å²) >= 11 is 0. The van der Waals surface area contributed by atoms with E-state index in [0.29, 0.717) is 5.92 Å². The topological polar surface area (TPSA) is 40.7 Å². The van der Waals surface area contributed by atoms with Crippen LogP contribution in [0.5, 0.6) is 0 Å². The van der Waals surface area contributed by atoms with Crippen LogP contribution in [-0.4, -0.2) is 16.5 Å². The number of fused-ring (bicyclic) bond motifs is 2. The van der Waals surface area contributed by atoms with E-state index in [9.17, 15) is 0 Å². The van der Waals surface area contributed by atoms with Crippen molar-refractivity contribution >= 4 is 11.0 Å². The van der Waals surface area contributed by atoms with Gasteiger partial charge in [-0.2, -0.15) is 0 Å². The average molecular weight is 277 g/mol. The molecule has 2 heterocycles. The molecule has 0 radical (unpaired) electrons. The van der Waals surface area contributed by atoms with Crippen LogP contribution in [0.2, 0.25) is 0 Å². The first kappa shape index (κ1) is 12.6. The third-order valence-corrected chi connectivity index (χ3v) is 4.36. The second-order valence-electron chi connectivity index (χ2n) is 5.98. The van der Waals surface area contributed by atoms with Crippen molar-refractivity contribution < 1.29 is 0 Å². The molecule has 0 fully saturated rings. The maximum atomic E-state index is 4.88. The minimum Gasteiger partial charge on any atom is -0.341 e. The summed E-state index contributed by atoms with van der Waals surface area (Å²) in [6, 6.07) is 13.0. The normalized spacial score (nSPS) is 17.9. The number of benzene rings is 2. The van der Waals surface area contributed by atoms with E-state index in [1.807, 2.05) is 0 Å². The highest BCUT2D eigenvalue weighted by Gasteiger charge is 2.24. The lowest BCUT2D eigenvalue weighted by Crippen LogP contribution is -2.29. The fourth-order valence-corrected chi connectivity index (χ4v) is 3.40. The highest BCUT2D eigenvalue weighted by molar-refractivity contribution is 5.79. The quantitative estimate of drug-likeness (QED) is 0.715. The van der Waals surface area contributed by atoms with Gasteiger partial charge in [0.25, 0.3) is 0 Å². The highest BCUT2D eigenvalue weighted by atomic mass is 15.0. The van der Waals surface area contributed by atoms with Crippen LogP contribution in [-0.2, 0) is 6.54 Å². The molecule has 0 amide bonds. The predicted molar refractivity (Wildman–Crippen MR) is 85.6 cm³/mol. The zero-order valence-corrected chi connectivity index (χ0v) is 12.4. The van der Waals surface area contributed by atoms with E-state index in [0.717, 1.165) is 29.9 Å². The van der Waals surface area contributed by atoms with Crippen molar-refractivity contribution in [3.05, 3.63) is 64.5 Å². The van der Waals surface area contributed by atoms with E-state index in [-0.39, 0.29) is 0 Å². The van der Waals surface area contributed by atoms with Crippen LogP contribution in [0.25, 0.3) is 11.0 Å². The highest BCUT2D eigenvalue weighted by Crippen LogP contribution is 2.30. The fraction of sp³-hybridized carbons (Fsp3) is 0.278. The summed E-state index contributed by atoms with van der Waals surface area (Å²) in [5.41, 5.74) is 7.53. The molecule has 1 aliphatic rings. The van der Waals surface area contributed by atoms with Gasteiger partial charge in [-0.1, -0.05) is 30.3 Å². The first-order valence-electron chi connectivity index (χ1n) is 7.48. The molecule has 1 aromatic heterocycles. The number of nitrogens with one attached hydrogen (secondary N) is 2. The SMILES string of the molecule is Cc1cc(C)c2nc(C3CNCc4ccccc43)[nH]c2c1. The predicted octanol–water partition coefficient (Wildman–Crippen LogP) is 3.41. The molecule has 106 valence electrons. The molecule has 4 rings (SSSR count). The first-order valence-corrected chi connectivity index (χ1v) is 7.48. The molecule has 2 N–H and O–H groups in total. The van der Waals surface area contributed by atoms with Crippen molar-refractivity contribution in [1.29, 1.82) is 0 Å². The summed E-state index contributed by atoms with van der Waals surface area (Å²) in [6.07, 6.45) is 0. The Morgan fingerprint density at radius 3 is 2.90 bits per heavy atom. The number of aromatic amines is 1. The van der Waals surface area contributed by atoms with Crippen LogP contribution in [0.4, 0.5) is 0 Å². The molecule has 1 atom stereocenters. The van der Waals surface area contributed by atoms with Crippen molar-refractivity contribution in [2.24, 2.45) is 0 Å². The summed E-state index contributed by atoms with van der Waals surface area (Å²) < 4.78 is 0. The molecule has 21 heavy (non-hydrogen) atoms. The molecule has 0 spiro atoms. The Hall–Kier alpha value is -2.13. The second kappa shape index (κ2) is 4.71. The van der Waals surface area contributed by atoms with Gasteiger partial charge in [0.1, 0.15) is 5.82 Å². The number of hydrogen-bond donors (Lipinski definition) is 2. The van der Waals surface area contributed by atoms with Crippen molar-refractivity contribution in [3.8, 4) is 0 Å². The van der Waals surface area contributed by atoms with Crippen molar-refractivity contribution in [1.82, 2.24) is 15.3 Å². The van der Waals surface area contributed by atoms with Crippen LogP contribution in [0.3, 0.4) is 0 Å². The molecule has 3 heteroatoms. The molecule has 2 aromatic carbocycles. The van der Waals surface area contributed by atoms with Crippen molar-refractivity contribution in [3.63, 3.8) is 0 Å². The van der Waals surface area contributed by atoms with Crippen molar-refractivity contribution in [2.75, 3.05) is 6.54 Å². The molecule has 3 aromatic rings. The summed E-state index contributed by atoms with van der Waals surface area (Å²) in [7, 11) is 0. The number of rotatable bonds is 1. The van der Waals surface area contributed by atoms with Gasteiger partial charge in [0.15, 0.2) is 0 Å². The fourth-order valence-electron chi connectivity index (χ4n) is 3.40. The Labute approximate surface area is 124 Å². The average Bonchev–Trinajstić information content (AvgIpc) is 2.90. The molecule has 0 saturated carbocycles. The third-order valence-electron chi connectivity index (χ3n) is 4.36. The molecular formula is C18H19N3. The van der Waals surface area contributed by atoms with Gasteiger partial charge in [0.2, 0.25) is 0 Å². The minimum atomic E-state index is 0.307. The standard InChI is InChI=1S/C18H19N3/c1-11-7-12(2)17-16(8-11)20-18(21-17)15-10-19-9-13-5-3-4-6-14(13)15/h3-8,15,19H,9-10H2,1-2H3,(H,20,21). The van der Waals surface area contributed by atoms with Gasteiger partial charge in [-0.05, 0) is 42.2 Å². The Kier molecular flexibility index (Phi) is 2.82. The first-order chi connectivity index (χ1) is 10.2.